The van der Waals surface area contributed by atoms with Gasteiger partial charge in [0, 0.05) is 32.3 Å². The summed E-state index contributed by atoms with van der Waals surface area (Å²) in [5.41, 5.74) is 1.27. The molecule has 30 heavy (non-hydrogen) atoms. The Labute approximate surface area is 178 Å². The molecule has 0 spiro atoms. The second-order valence-corrected chi connectivity index (χ2v) is 9.09. The maximum Gasteiger partial charge on any atom is 0.248 e. The van der Waals surface area contributed by atoms with E-state index in [4.69, 9.17) is 4.42 Å². The minimum Gasteiger partial charge on any atom is -0.465 e. The van der Waals surface area contributed by atoms with Crippen LogP contribution in [0.25, 0.3) is 6.08 Å². The average molecular weight is 432 g/mol. The molecule has 1 amide bonds. The molecule has 0 saturated carbocycles. The Hall–Kier alpha value is -2.58. The van der Waals surface area contributed by atoms with Crippen molar-refractivity contribution in [2.75, 3.05) is 36.4 Å². The van der Waals surface area contributed by atoms with Crippen LogP contribution in [0.3, 0.4) is 0 Å². The molecule has 0 aliphatic carbocycles. The molecule has 2 heterocycles. The van der Waals surface area contributed by atoms with Crippen LogP contribution >= 0.6 is 0 Å². The summed E-state index contributed by atoms with van der Waals surface area (Å²) in [6.07, 6.45) is 7.27. The van der Waals surface area contributed by atoms with Gasteiger partial charge in [0.2, 0.25) is 15.9 Å². The van der Waals surface area contributed by atoms with Gasteiger partial charge >= 0.3 is 0 Å². The highest BCUT2D eigenvalue weighted by Gasteiger charge is 2.27. The summed E-state index contributed by atoms with van der Waals surface area (Å²) in [6.45, 7) is 6.58. The van der Waals surface area contributed by atoms with Gasteiger partial charge in [-0.25, -0.2) is 8.42 Å². The highest BCUT2D eigenvalue weighted by Crippen LogP contribution is 2.31. The van der Waals surface area contributed by atoms with E-state index in [0.717, 1.165) is 38.0 Å². The van der Waals surface area contributed by atoms with E-state index in [9.17, 15) is 13.2 Å². The number of carbonyl (C=O) groups excluding carboxylic acids is 1. The Morgan fingerprint density at radius 1 is 1.17 bits per heavy atom. The molecular formula is C22H29N3O4S. The number of hydrogen-bond donors (Lipinski definition) is 1. The Morgan fingerprint density at radius 2 is 1.90 bits per heavy atom. The maximum absolute atomic E-state index is 13.1. The number of rotatable bonds is 8. The number of piperidine rings is 1. The number of anilines is 2. The van der Waals surface area contributed by atoms with Crippen LogP contribution in [0.5, 0.6) is 0 Å². The zero-order valence-electron chi connectivity index (χ0n) is 17.5. The maximum atomic E-state index is 13.1. The topological polar surface area (TPSA) is 82.9 Å². The van der Waals surface area contributed by atoms with Gasteiger partial charge in [0.1, 0.15) is 5.76 Å². The molecule has 0 bridgehead atoms. The van der Waals surface area contributed by atoms with E-state index in [1.54, 1.807) is 36.4 Å². The zero-order chi connectivity index (χ0) is 21.6. The van der Waals surface area contributed by atoms with Gasteiger partial charge in [-0.1, -0.05) is 6.42 Å². The summed E-state index contributed by atoms with van der Waals surface area (Å²) >= 11 is 0. The molecule has 1 N–H and O–H groups in total. The SMILES string of the molecule is CCN(CC)c1ccc(S(=O)(=O)N2CCCCC2)cc1NC(=O)/C=C/c1ccco1. The third-order valence-electron chi connectivity index (χ3n) is 5.22. The summed E-state index contributed by atoms with van der Waals surface area (Å²) < 4.78 is 32.9. The largest absolute Gasteiger partial charge is 0.465 e. The van der Waals surface area contributed by atoms with Crippen molar-refractivity contribution in [3.8, 4) is 0 Å². The van der Waals surface area contributed by atoms with Crippen LogP contribution in [0.1, 0.15) is 38.9 Å². The lowest BCUT2D eigenvalue weighted by Gasteiger charge is -2.28. The molecular weight excluding hydrogens is 402 g/mol. The summed E-state index contributed by atoms with van der Waals surface area (Å²) in [6, 6.07) is 8.46. The quantitative estimate of drug-likeness (QED) is 0.640. The second-order valence-electron chi connectivity index (χ2n) is 7.15. The predicted molar refractivity (Wildman–Crippen MR) is 119 cm³/mol. The van der Waals surface area contributed by atoms with Crippen molar-refractivity contribution in [1.29, 1.82) is 0 Å². The van der Waals surface area contributed by atoms with E-state index in [-0.39, 0.29) is 10.8 Å². The number of nitrogens with one attached hydrogen (secondary N) is 1. The van der Waals surface area contributed by atoms with E-state index in [2.05, 4.69) is 10.2 Å². The molecule has 1 aliphatic rings. The van der Waals surface area contributed by atoms with Crippen molar-refractivity contribution in [3.05, 3.63) is 48.4 Å². The predicted octanol–water partition coefficient (Wildman–Crippen LogP) is 3.95. The first kappa shape index (κ1) is 22.1. The zero-order valence-corrected chi connectivity index (χ0v) is 18.3. The number of amides is 1. The molecule has 1 aromatic heterocycles. The minimum atomic E-state index is -3.59. The fraction of sp³-hybridized carbons (Fsp3) is 0.409. The molecule has 0 atom stereocenters. The molecule has 1 saturated heterocycles. The number of nitrogens with zero attached hydrogens (tertiary/aromatic N) is 2. The van der Waals surface area contributed by atoms with Crippen LogP contribution in [-0.2, 0) is 14.8 Å². The molecule has 162 valence electrons. The fourth-order valence-corrected chi connectivity index (χ4v) is 5.13. The summed E-state index contributed by atoms with van der Waals surface area (Å²) in [7, 11) is -3.59. The Kier molecular flexibility index (Phi) is 7.33. The van der Waals surface area contributed by atoms with Crippen molar-refractivity contribution in [2.24, 2.45) is 0 Å². The van der Waals surface area contributed by atoms with Crippen LogP contribution in [0.15, 0.2) is 52.0 Å². The van der Waals surface area contributed by atoms with Crippen LogP contribution in [0.4, 0.5) is 11.4 Å². The van der Waals surface area contributed by atoms with Crippen molar-refractivity contribution in [2.45, 2.75) is 38.0 Å². The Balaban J connectivity index is 1.91. The normalized spacial score (nSPS) is 15.4. The van der Waals surface area contributed by atoms with Crippen molar-refractivity contribution in [1.82, 2.24) is 4.31 Å². The molecule has 0 unspecified atom stereocenters. The molecule has 8 heteroatoms. The van der Waals surface area contributed by atoms with E-state index in [0.29, 0.717) is 24.5 Å². The second kappa shape index (κ2) is 9.95. The summed E-state index contributed by atoms with van der Waals surface area (Å²) in [5.74, 6) is 0.211. The molecule has 7 nitrogen and oxygen atoms in total. The molecule has 1 aromatic carbocycles. The minimum absolute atomic E-state index is 0.200. The van der Waals surface area contributed by atoms with Gasteiger partial charge in [-0.05, 0) is 63.1 Å². The van der Waals surface area contributed by atoms with Gasteiger partial charge in [0.15, 0.2) is 0 Å². The van der Waals surface area contributed by atoms with Gasteiger partial charge in [-0.2, -0.15) is 4.31 Å². The molecule has 2 aromatic rings. The fourth-order valence-electron chi connectivity index (χ4n) is 3.59. The van der Waals surface area contributed by atoms with Crippen LogP contribution in [0, 0.1) is 0 Å². The lowest BCUT2D eigenvalue weighted by molar-refractivity contribution is -0.111. The van der Waals surface area contributed by atoms with Gasteiger partial charge in [0.25, 0.3) is 0 Å². The highest BCUT2D eigenvalue weighted by atomic mass is 32.2. The van der Waals surface area contributed by atoms with Gasteiger partial charge < -0.3 is 14.6 Å². The lowest BCUT2D eigenvalue weighted by atomic mass is 10.2. The third kappa shape index (κ3) is 5.12. The molecule has 1 aliphatic heterocycles. The molecule has 1 fully saturated rings. The van der Waals surface area contributed by atoms with E-state index < -0.39 is 10.0 Å². The van der Waals surface area contributed by atoms with Gasteiger partial charge in [-0.3, -0.25) is 4.79 Å². The summed E-state index contributed by atoms with van der Waals surface area (Å²) in [5, 5.41) is 2.85. The van der Waals surface area contributed by atoms with Crippen LogP contribution in [0.2, 0.25) is 0 Å². The van der Waals surface area contributed by atoms with Crippen LogP contribution in [-0.4, -0.2) is 44.8 Å². The first-order chi connectivity index (χ1) is 14.5. The molecule has 0 radical (unpaired) electrons. The van der Waals surface area contributed by atoms with Crippen molar-refractivity contribution >= 4 is 33.4 Å². The Morgan fingerprint density at radius 3 is 2.53 bits per heavy atom. The van der Waals surface area contributed by atoms with E-state index in [1.165, 1.54) is 16.6 Å². The third-order valence-corrected chi connectivity index (χ3v) is 7.12. The lowest BCUT2D eigenvalue weighted by Crippen LogP contribution is -2.35. The smallest absolute Gasteiger partial charge is 0.248 e. The van der Waals surface area contributed by atoms with Crippen LogP contribution < -0.4 is 10.2 Å². The first-order valence-electron chi connectivity index (χ1n) is 10.4. The highest BCUT2D eigenvalue weighted by molar-refractivity contribution is 7.89. The first-order valence-corrected chi connectivity index (χ1v) is 11.8. The summed E-state index contributed by atoms with van der Waals surface area (Å²) in [4.78, 5) is 14.8. The number of furan rings is 1. The van der Waals surface area contributed by atoms with Gasteiger partial charge in [0.05, 0.1) is 22.5 Å². The average Bonchev–Trinajstić information content (AvgIpc) is 3.28. The van der Waals surface area contributed by atoms with Crippen molar-refractivity contribution < 1.29 is 17.6 Å². The number of hydrogen-bond acceptors (Lipinski definition) is 5. The van der Waals surface area contributed by atoms with E-state index >= 15 is 0 Å². The molecule has 3 rings (SSSR count). The number of sulfonamides is 1. The number of carbonyl (C=O) groups is 1. The van der Waals surface area contributed by atoms with E-state index in [1.807, 2.05) is 13.8 Å². The monoisotopic (exact) mass is 431 g/mol. The standard InChI is InChI=1S/C22H29N3O4S/c1-3-24(4-2)21-12-11-19(30(27,28)25-14-6-5-7-15-25)17-20(21)23-22(26)13-10-18-9-8-16-29-18/h8-13,16-17H,3-7,14-15H2,1-2H3,(H,23,26)/b13-10+. The van der Waals surface area contributed by atoms with Gasteiger partial charge in [-0.15, -0.1) is 0 Å². The number of benzene rings is 1. The van der Waals surface area contributed by atoms with Crippen molar-refractivity contribution in [3.63, 3.8) is 0 Å². The Bertz CT molecular complexity index is 974.